The summed E-state index contributed by atoms with van der Waals surface area (Å²) >= 11 is 11.9. The van der Waals surface area contributed by atoms with E-state index in [0.29, 0.717) is 9.54 Å². The Morgan fingerprint density at radius 2 is 1.97 bits per heavy atom. The van der Waals surface area contributed by atoms with Gasteiger partial charge < -0.3 is 9.73 Å². The lowest BCUT2D eigenvalue weighted by Crippen LogP contribution is -2.16. The molecule has 0 radical (unpaired) electrons. The Balaban J connectivity index is 1.83. The largest absolute Gasteiger partial charge is 0.463 e. The summed E-state index contributed by atoms with van der Waals surface area (Å²) in [5.74, 6) is -0.618. The predicted molar refractivity (Wildman–Crippen MR) is 100 cm³/mol. The van der Waals surface area contributed by atoms with E-state index in [4.69, 9.17) is 27.6 Å². The number of hydrogen-bond donors (Lipinski definition) is 1. The van der Waals surface area contributed by atoms with Crippen molar-refractivity contribution < 1.29 is 22.4 Å². The number of fused-ring (bicyclic) bond motifs is 1. The first-order chi connectivity index (χ1) is 13.7. The molecule has 11 heteroatoms. The molecule has 6 nitrogen and oxygen atoms in total. The predicted octanol–water partition coefficient (Wildman–Crippen LogP) is 5.57. The number of halogens is 5. The second-order valence-corrected chi connectivity index (χ2v) is 6.72. The van der Waals surface area contributed by atoms with Gasteiger partial charge in [-0.3, -0.25) is 4.79 Å². The Bertz CT molecular complexity index is 1220. The Labute approximate surface area is 170 Å². The minimum atomic E-state index is -4.73. The molecular formula is C18H9Cl2F3N4O2. The van der Waals surface area contributed by atoms with E-state index in [1.165, 1.54) is 36.6 Å². The van der Waals surface area contributed by atoms with Crippen molar-refractivity contribution in [3.8, 4) is 11.5 Å². The molecule has 0 unspecified atom stereocenters. The molecule has 0 saturated carbocycles. The maximum atomic E-state index is 13.5. The summed E-state index contributed by atoms with van der Waals surface area (Å²) in [6, 6.07) is 8.18. The molecule has 0 atom stereocenters. The summed E-state index contributed by atoms with van der Waals surface area (Å²) in [6.07, 6.45) is -2.43. The van der Waals surface area contributed by atoms with E-state index in [1.807, 2.05) is 0 Å². The first-order valence-corrected chi connectivity index (χ1v) is 8.76. The van der Waals surface area contributed by atoms with Crippen LogP contribution in [0.1, 0.15) is 16.1 Å². The zero-order valence-electron chi connectivity index (χ0n) is 14.2. The van der Waals surface area contributed by atoms with Crippen molar-refractivity contribution in [1.82, 2.24) is 14.6 Å². The SMILES string of the molecule is O=C(Nc1ccc(Cl)cc1Cl)c1cnn2c(C(F)(F)F)cc(-c3ccco3)nc12. The molecule has 0 aliphatic carbocycles. The average Bonchev–Trinajstić information content (AvgIpc) is 3.31. The van der Waals surface area contributed by atoms with Gasteiger partial charge in [0.2, 0.25) is 0 Å². The van der Waals surface area contributed by atoms with Gasteiger partial charge in [-0.05, 0) is 36.4 Å². The van der Waals surface area contributed by atoms with E-state index < -0.39 is 17.8 Å². The van der Waals surface area contributed by atoms with E-state index in [9.17, 15) is 18.0 Å². The third kappa shape index (κ3) is 3.66. The van der Waals surface area contributed by atoms with E-state index >= 15 is 0 Å². The van der Waals surface area contributed by atoms with Crippen molar-refractivity contribution in [3.63, 3.8) is 0 Å². The second kappa shape index (κ2) is 7.09. The first-order valence-electron chi connectivity index (χ1n) is 8.00. The number of anilines is 1. The molecule has 3 heterocycles. The van der Waals surface area contributed by atoms with Crippen molar-refractivity contribution in [2.75, 3.05) is 5.32 Å². The number of rotatable bonds is 3. The van der Waals surface area contributed by atoms with Crippen molar-refractivity contribution in [3.05, 3.63) is 70.2 Å². The summed E-state index contributed by atoms with van der Waals surface area (Å²) < 4.78 is 46.3. The highest BCUT2D eigenvalue weighted by Gasteiger charge is 2.36. The number of carbonyl (C=O) groups is 1. The zero-order chi connectivity index (χ0) is 20.8. The molecule has 1 aromatic carbocycles. The molecule has 4 rings (SSSR count). The lowest BCUT2D eigenvalue weighted by molar-refractivity contribution is -0.142. The van der Waals surface area contributed by atoms with E-state index in [0.717, 1.165) is 12.3 Å². The van der Waals surface area contributed by atoms with Crippen LogP contribution in [0.2, 0.25) is 10.0 Å². The molecule has 0 bridgehead atoms. The molecule has 1 N–H and O–H groups in total. The molecule has 4 aromatic rings. The van der Waals surface area contributed by atoms with Crippen LogP contribution in [0.15, 0.2) is 53.3 Å². The number of nitrogens with zero attached hydrogens (tertiary/aromatic N) is 3. The fourth-order valence-corrected chi connectivity index (χ4v) is 3.11. The number of alkyl halides is 3. The van der Waals surface area contributed by atoms with Gasteiger partial charge in [-0.2, -0.15) is 18.3 Å². The molecule has 0 saturated heterocycles. The lowest BCUT2D eigenvalue weighted by atomic mass is 10.2. The highest BCUT2D eigenvalue weighted by Crippen LogP contribution is 2.33. The highest BCUT2D eigenvalue weighted by atomic mass is 35.5. The van der Waals surface area contributed by atoms with Crippen LogP contribution in [-0.4, -0.2) is 20.5 Å². The van der Waals surface area contributed by atoms with Crippen molar-refractivity contribution in [2.24, 2.45) is 0 Å². The van der Waals surface area contributed by atoms with Gasteiger partial charge in [-0.25, -0.2) is 9.50 Å². The summed E-state index contributed by atoms with van der Waals surface area (Å²) in [5.41, 5.74) is -1.41. The first kappa shape index (κ1) is 19.3. The standard InChI is InChI=1S/C18H9Cl2F3N4O2/c19-9-3-4-12(11(20)6-9)26-17(28)10-8-24-27-15(18(21,22)23)7-13(25-16(10)27)14-2-1-5-29-14/h1-8H,(H,26,28). The number of hydrogen-bond acceptors (Lipinski definition) is 4. The van der Waals surface area contributed by atoms with Gasteiger partial charge in [-0.15, -0.1) is 0 Å². The quantitative estimate of drug-likeness (QED) is 0.452. The molecule has 1 amide bonds. The molecule has 0 fully saturated rings. The lowest BCUT2D eigenvalue weighted by Gasteiger charge is -2.11. The summed E-state index contributed by atoms with van der Waals surface area (Å²) in [6.45, 7) is 0. The highest BCUT2D eigenvalue weighted by molar-refractivity contribution is 6.36. The van der Waals surface area contributed by atoms with Crippen LogP contribution in [0.25, 0.3) is 17.1 Å². The number of carbonyl (C=O) groups excluding carboxylic acids is 1. The number of benzene rings is 1. The molecule has 0 aliphatic rings. The zero-order valence-corrected chi connectivity index (χ0v) is 15.7. The van der Waals surface area contributed by atoms with Gasteiger partial charge in [0.25, 0.3) is 5.91 Å². The molecule has 148 valence electrons. The summed E-state index contributed by atoms with van der Waals surface area (Å²) in [5, 5.41) is 6.75. The Morgan fingerprint density at radius 3 is 2.62 bits per heavy atom. The minimum absolute atomic E-state index is 0.0890. The van der Waals surface area contributed by atoms with E-state index in [2.05, 4.69) is 15.4 Å². The monoisotopic (exact) mass is 440 g/mol. The van der Waals surface area contributed by atoms with Gasteiger partial charge in [-0.1, -0.05) is 23.2 Å². The van der Waals surface area contributed by atoms with Gasteiger partial charge in [0, 0.05) is 5.02 Å². The van der Waals surface area contributed by atoms with Crippen LogP contribution >= 0.6 is 23.2 Å². The third-order valence-electron chi connectivity index (χ3n) is 3.96. The van der Waals surface area contributed by atoms with Gasteiger partial charge in [0.05, 0.1) is 23.2 Å². The van der Waals surface area contributed by atoms with Gasteiger partial charge in [0.1, 0.15) is 11.3 Å². The van der Waals surface area contributed by atoms with Gasteiger partial charge >= 0.3 is 6.18 Å². The minimum Gasteiger partial charge on any atom is -0.463 e. The summed E-state index contributed by atoms with van der Waals surface area (Å²) in [7, 11) is 0. The third-order valence-corrected chi connectivity index (χ3v) is 4.51. The smallest absolute Gasteiger partial charge is 0.433 e. The fraction of sp³-hybridized carbons (Fsp3) is 0.0556. The number of nitrogens with one attached hydrogen (secondary N) is 1. The number of furan rings is 1. The van der Waals surface area contributed by atoms with Crippen molar-refractivity contribution >= 4 is 40.4 Å². The second-order valence-electron chi connectivity index (χ2n) is 5.87. The van der Waals surface area contributed by atoms with E-state index in [1.54, 1.807) is 0 Å². The van der Waals surface area contributed by atoms with Crippen LogP contribution in [0.4, 0.5) is 18.9 Å². The maximum Gasteiger partial charge on any atom is 0.433 e. The Morgan fingerprint density at radius 1 is 1.17 bits per heavy atom. The topological polar surface area (TPSA) is 72.4 Å². The molecule has 3 aromatic heterocycles. The van der Waals surface area contributed by atoms with Gasteiger partial charge in [0.15, 0.2) is 17.1 Å². The van der Waals surface area contributed by atoms with Crippen molar-refractivity contribution in [2.45, 2.75) is 6.18 Å². The average molecular weight is 441 g/mol. The molecule has 0 aliphatic heterocycles. The molecule has 0 spiro atoms. The normalized spacial score (nSPS) is 11.8. The van der Waals surface area contributed by atoms with Crippen LogP contribution in [-0.2, 0) is 6.18 Å². The van der Waals surface area contributed by atoms with E-state index in [-0.39, 0.29) is 33.4 Å². The van der Waals surface area contributed by atoms with Crippen LogP contribution in [0.5, 0.6) is 0 Å². The molecule has 29 heavy (non-hydrogen) atoms. The summed E-state index contributed by atoms with van der Waals surface area (Å²) in [4.78, 5) is 16.8. The Kier molecular flexibility index (Phi) is 4.71. The Hall–Kier alpha value is -3.04. The van der Waals surface area contributed by atoms with Crippen molar-refractivity contribution in [1.29, 1.82) is 0 Å². The number of aromatic nitrogens is 3. The van der Waals surface area contributed by atoms with Crippen LogP contribution in [0, 0.1) is 0 Å². The van der Waals surface area contributed by atoms with Crippen LogP contribution in [0.3, 0.4) is 0 Å². The maximum absolute atomic E-state index is 13.5. The molecular weight excluding hydrogens is 432 g/mol. The number of amides is 1. The van der Waals surface area contributed by atoms with Crippen LogP contribution < -0.4 is 5.32 Å². The fourth-order valence-electron chi connectivity index (χ4n) is 2.66.